The van der Waals surface area contributed by atoms with Crippen LogP contribution >= 0.6 is 0 Å². The van der Waals surface area contributed by atoms with E-state index in [0.717, 1.165) is 0 Å². The third-order valence-electron chi connectivity index (χ3n) is 5.30. The van der Waals surface area contributed by atoms with Crippen LogP contribution in [0, 0.1) is 6.92 Å². The fourth-order valence-corrected chi connectivity index (χ4v) is 4.08. The average molecular weight is 253 g/mol. The largest absolute Gasteiger partial charge is 0.467 e. The topological polar surface area (TPSA) is 16.4 Å². The van der Waals surface area contributed by atoms with Gasteiger partial charge in [-0.25, -0.2) is 0 Å². The van der Waals surface area contributed by atoms with Crippen molar-refractivity contribution >= 4 is 5.69 Å². The van der Waals surface area contributed by atoms with Crippen LogP contribution in [0.5, 0.6) is 0 Å². The standard InChI is InChI=1S/C17H19NO/c1-11-6-4-5-7-14(11)18-12(2)17(3)10-15(18)16-13(17)8-9-19-16/h4-9,12,15H,10H2,1-3H3. The van der Waals surface area contributed by atoms with E-state index in [0.29, 0.717) is 12.1 Å². The molecule has 2 nitrogen and oxygen atoms in total. The van der Waals surface area contributed by atoms with E-state index in [-0.39, 0.29) is 5.41 Å². The molecule has 0 amide bonds. The maximum absolute atomic E-state index is 5.77. The predicted octanol–water partition coefficient (Wildman–Crippen LogP) is 4.20. The van der Waals surface area contributed by atoms with Gasteiger partial charge in [-0.1, -0.05) is 25.1 Å². The van der Waals surface area contributed by atoms with Crippen molar-refractivity contribution < 1.29 is 4.42 Å². The summed E-state index contributed by atoms with van der Waals surface area (Å²) in [6.45, 7) is 6.92. The van der Waals surface area contributed by atoms with Crippen molar-refractivity contribution in [3.05, 3.63) is 53.5 Å². The summed E-state index contributed by atoms with van der Waals surface area (Å²) in [7, 11) is 0. The predicted molar refractivity (Wildman–Crippen MR) is 76.5 cm³/mol. The van der Waals surface area contributed by atoms with Gasteiger partial charge in [0.15, 0.2) is 0 Å². The molecule has 0 saturated carbocycles. The first kappa shape index (κ1) is 11.2. The number of hydrogen-bond donors (Lipinski definition) is 0. The Morgan fingerprint density at radius 2 is 2.05 bits per heavy atom. The van der Waals surface area contributed by atoms with E-state index >= 15 is 0 Å². The van der Waals surface area contributed by atoms with Crippen LogP contribution in [0.25, 0.3) is 0 Å². The number of para-hydroxylation sites is 1. The number of anilines is 1. The van der Waals surface area contributed by atoms with E-state index in [1.54, 1.807) is 0 Å². The lowest BCUT2D eigenvalue weighted by molar-refractivity contribution is 0.433. The van der Waals surface area contributed by atoms with Gasteiger partial charge in [-0.3, -0.25) is 0 Å². The van der Waals surface area contributed by atoms with Gasteiger partial charge in [0.25, 0.3) is 0 Å². The van der Waals surface area contributed by atoms with Crippen LogP contribution in [0.15, 0.2) is 41.0 Å². The van der Waals surface area contributed by atoms with E-state index in [9.17, 15) is 0 Å². The lowest BCUT2D eigenvalue weighted by Crippen LogP contribution is -2.42. The normalized spacial score (nSPS) is 31.8. The highest BCUT2D eigenvalue weighted by atomic mass is 16.3. The van der Waals surface area contributed by atoms with Crippen molar-refractivity contribution in [1.29, 1.82) is 0 Å². The molecule has 2 heterocycles. The van der Waals surface area contributed by atoms with Crippen LogP contribution in [-0.4, -0.2) is 6.04 Å². The Labute approximate surface area is 114 Å². The Morgan fingerprint density at radius 1 is 1.26 bits per heavy atom. The molecule has 1 saturated heterocycles. The number of nitrogens with zero attached hydrogens (tertiary/aromatic N) is 1. The monoisotopic (exact) mass is 253 g/mol. The van der Waals surface area contributed by atoms with Crippen molar-refractivity contribution in [2.75, 3.05) is 4.90 Å². The second kappa shape index (κ2) is 3.44. The molecule has 0 radical (unpaired) electrons. The van der Waals surface area contributed by atoms with Crippen molar-refractivity contribution in [2.24, 2.45) is 0 Å². The molecule has 3 unspecified atom stereocenters. The van der Waals surface area contributed by atoms with Crippen molar-refractivity contribution in [1.82, 2.24) is 0 Å². The molecular weight excluding hydrogens is 234 g/mol. The van der Waals surface area contributed by atoms with Gasteiger partial charge in [-0.05, 0) is 38.0 Å². The first-order valence-corrected chi connectivity index (χ1v) is 7.05. The second-order valence-electron chi connectivity index (χ2n) is 6.21. The highest BCUT2D eigenvalue weighted by Gasteiger charge is 2.57. The van der Waals surface area contributed by atoms with E-state index in [4.69, 9.17) is 4.42 Å². The summed E-state index contributed by atoms with van der Waals surface area (Å²) >= 11 is 0. The minimum absolute atomic E-state index is 0.231. The fourth-order valence-electron chi connectivity index (χ4n) is 4.08. The van der Waals surface area contributed by atoms with Crippen molar-refractivity contribution in [2.45, 2.75) is 44.7 Å². The SMILES string of the molecule is Cc1ccccc1N1C2CC(C)(c3ccoc32)C1C. The number of furan rings is 1. The molecule has 2 aromatic rings. The van der Waals surface area contributed by atoms with Crippen LogP contribution in [0.1, 0.15) is 43.2 Å². The van der Waals surface area contributed by atoms with Gasteiger partial charge in [0.2, 0.25) is 0 Å². The molecule has 3 atom stereocenters. The van der Waals surface area contributed by atoms with Crippen LogP contribution in [0.4, 0.5) is 5.69 Å². The molecule has 1 aliphatic heterocycles. The fraction of sp³-hybridized carbons (Fsp3) is 0.412. The number of hydrogen-bond acceptors (Lipinski definition) is 2. The summed E-state index contributed by atoms with van der Waals surface area (Å²) in [4.78, 5) is 2.56. The molecular formula is C17H19NO. The van der Waals surface area contributed by atoms with E-state index < -0.39 is 0 Å². The number of fused-ring (bicyclic) bond motifs is 5. The zero-order valence-electron chi connectivity index (χ0n) is 11.7. The van der Waals surface area contributed by atoms with Crippen LogP contribution in [0.3, 0.4) is 0 Å². The average Bonchev–Trinajstić information content (AvgIpc) is 3.02. The zero-order chi connectivity index (χ0) is 13.2. The highest BCUT2D eigenvalue weighted by Crippen LogP contribution is 2.59. The van der Waals surface area contributed by atoms with Gasteiger partial charge in [-0.2, -0.15) is 0 Å². The lowest BCUT2D eigenvalue weighted by Gasteiger charge is -2.39. The molecule has 1 fully saturated rings. The third kappa shape index (κ3) is 1.22. The molecule has 0 spiro atoms. The van der Waals surface area contributed by atoms with E-state index in [1.807, 2.05) is 6.26 Å². The molecule has 98 valence electrons. The third-order valence-corrected chi connectivity index (χ3v) is 5.30. The molecule has 2 heteroatoms. The smallest absolute Gasteiger partial charge is 0.130 e. The van der Waals surface area contributed by atoms with Gasteiger partial charge in [0.05, 0.1) is 12.3 Å². The summed E-state index contributed by atoms with van der Waals surface area (Å²) in [5.41, 5.74) is 4.36. The van der Waals surface area contributed by atoms with E-state index in [1.165, 1.54) is 29.0 Å². The molecule has 0 N–H and O–H groups in total. The maximum atomic E-state index is 5.77. The van der Waals surface area contributed by atoms with Gasteiger partial charge in [0, 0.05) is 22.7 Å². The van der Waals surface area contributed by atoms with Crippen molar-refractivity contribution in [3.63, 3.8) is 0 Å². The molecule has 1 aromatic carbocycles. The maximum Gasteiger partial charge on any atom is 0.130 e. The van der Waals surface area contributed by atoms with Gasteiger partial charge in [-0.15, -0.1) is 0 Å². The van der Waals surface area contributed by atoms with Gasteiger partial charge in [0.1, 0.15) is 5.76 Å². The lowest BCUT2D eigenvalue weighted by atomic mass is 9.79. The Kier molecular flexibility index (Phi) is 2.02. The van der Waals surface area contributed by atoms with Gasteiger partial charge < -0.3 is 9.32 Å². The van der Waals surface area contributed by atoms with Gasteiger partial charge >= 0.3 is 0 Å². The number of aryl methyl sites for hydroxylation is 1. The van der Waals surface area contributed by atoms with Crippen LogP contribution in [0.2, 0.25) is 0 Å². The van der Waals surface area contributed by atoms with Crippen LogP contribution < -0.4 is 4.90 Å². The Morgan fingerprint density at radius 3 is 2.84 bits per heavy atom. The quantitative estimate of drug-likeness (QED) is 0.757. The minimum atomic E-state index is 0.231. The van der Waals surface area contributed by atoms with Crippen LogP contribution in [-0.2, 0) is 5.41 Å². The number of rotatable bonds is 1. The minimum Gasteiger partial charge on any atom is -0.467 e. The first-order valence-electron chi connectivity index (χ1n) is 7.05. The Bertz CT molecular complexity index is 644. The summed E-state index contributed by atoms with van der Waals surface area (Å²) in [5, 5.41) is 0. The molecule has 1 aromatic heterocycles. The second-order valence-corrected chi connectivity index (χ2v) is 6.21. The molecule has 2 aliphatic rings. The molecule has 1 aliphatic carbocycles. The molecule has 4 rings (SSSR count). The number of benzene rings is 1. The summed E-state index contributed by atoms with van der Waals surface area (Å²) in [5.74, 6) is 1.18. The molecule has 2 bridgehead atoms. The highest BCUT2D eigenvalue weighted by molar-refractivity contribution is 5.61. The first-order chi connectivity index (χ1) is 9.13. The zero-order valence-corrected chi connectivity index (χ0v) is 11.7. The Hall–Kier alpha value is -1.70. The van der Waals surface area contributed by atoms with E-state index in [2.05, 4.69) is 56.0 Å². The summed E-state index contributed by atoms with van der Waals surface area (Å²) < 4.78 is 5.77. The Balaban J connectivity index is 1.88. The molecule has 19 heavy (non-hydrogen) atoms. The summed E-state index contributed by atoms with van der Waals surface area (Å²) in [6, 6.07) is 11.8. The summed E-state index contributed by atoms with van der Waals surface area (Å²) in [6.07, 6.45) is 3.03. The van der Waals surface area contributed by atoms with Crippen molar-refractivity contribution in [3.8, 4) is 0 Å².